The molecule has 0 aromatic heterocycles. The third kappa shape index (κ3) is 4.83. The van der Waals surface area contributed by atoms with Crippen LogP contribution in [-0.2, 0) is 16.6 Å². The Kier molecular flexibility index (Phi) is 6.26. The van der Waals surface area contributed by atoms with Crippen LogP contribution >= 0.6 is 0 Å². The third-order valence-corrected chi connectivity index (χ3v) is 5.89. The van der Waals surface area contributed by atoms with Crippen molar-refractivity contribution >= 4 is 10.0 Å². The summed E-state index contributed by atoms with van der Waals surface area (Å²) in [5.41, 5.74) is 1.08. The summed E-state index contributed by atoms with van der Waals surface area (Å²) in [5.74, 6) is 1.73. The molecule has 0 fully saturated rings. The summed E-state index contributed by atoms with van der Waals surface area (Å²) < 4.78 is 36.2. The van der Waals surface area contributed by atoms with Gasteiger partial charge in [0.15, 0.2) is 11.5 Å². The maximum atomic E-state index is 11.8. The van der Waals surface area contributed by atoms with Gasteiger partial charge in [-0.05, 0) is 25.5 Å². The molecule has 0 atom stereocenters. The van der Waals surface area contributed by atoms with Gasteiger partial charge >= 0.3 is 0 Å². The monoisotopic (exact) mass is 342 g/mol. The van der Waals surface area contributed by atoms with Gasteiger partial charge in [-0.1, -0.05) is 12.1 Å². The number of rotatable bonds is 6. The van der Waals surface area contributed by atoms with Gasteiger partial charge in [-0.25, -0.2) is 12.7 Å². The van der Waals surface area contributed by atoms with Crippen LogP contribution in [0, 0.1) is 0 Å². The zero-order valence-corrected chi connectivity index (χ0v) is 14.9. The zero-order valence-electron chi connectivity index (χ0n) is 14.1. The minimum atomic E-state index is -3.12. The first-order valence-corrected chi connectivity index (χ1v) is 9.46. The molecule has 7 heteroatoms. The van der Waals surface area contributed by atoms with Crippen LogP contribution in [0.5, 0.6) is 11.5 Å². The van der Waals surface area contributed by atoms with Gasteiger partial charge in [0, 0.05) is 32.7 Å². The fraction of sp³-hybridized carbons (Fsp3) is 0.625. The summed E-state index contributed by atoms with van der Waals surface area (Å²) in [6.45, 7) is 3.04. The second-order valence-electron chi connectivity index (χ2n) is 5.88. The fourth-order valence-electron chi connectivity index (χ4n) is 2.64. The number of ether oxygens (including phenoxy) is 2. The van der Waals surface area contributed by atoms with Crippen LogP contribution in [0.3, 0.4) is 0 Å². The molecule has 0 amide bonds. The Hall–Kier alpha value is -1.31. The molecule has 1 aromatic rings. The van der Waals surface area contributed by atoms with Crippen molar-refractivity contribution in [3.63, 3.8) is 0 Å². The lowest BCUT2D eigenvalue weighted by molar-refractivity contribution is 0.201. The van der Waals surface area contributed by atoms with Crippen molar-refractivity contribution in [3.8, 4) is 11.5 Å². The zero-order chi connectivity index (χ0) is 16.9. The van der Waals surface area contributed by atoms with Crippen molar-refractivity contribution in [2.75, 3.05) is 46.7 Å². The summed E-state index contributed by atoms with van der Waals surface area (Å²) in [5, 5.41) is 0. The standard InChI is InChI=1S/C16H26N2O4S/c1-17(2)23(19,20)12-6-10-18-9-5-11-22-16-14(13-18)7-4-8-15(16)21-3/h4,7-8H,5-6,9-13H2,1-3H3. The van der Waals surface area contributed by atoms with Gasteiger partial charge in [-0.3, -0.25) is 4.90 Å². The molecule has 1 heterocycles. The van der Waals surface area contributed by atoms with E-state index in [-0.39, 0.29) is 5.75 Å². The SMILES string of the molecule is COc1cccc2c1OCCCN(CCCS(=O)(=O)N(C)C)C2. The molecule has 0 bridgehead atoms. The fourth-order valence-corrected chi connectivity index (χ4v) is 3.50. The molecule has 130 valence electrons. The molecule has 1 aromatic carbocycles. The van der Waals surface area contributed by atoms with E-state index in [9.17, 15) is 8.42 Å². The second-order valence-corrected chi connectivity index (χ2v) is 8.18. The molecule has 6 nitrogen and oxygen atoms in total. The van der Waals surface area contributed by atoms with Crippen LogP contribution in [0.1, 0.15) is 18.4 Å². The molecule has 1 aliphatic heterocycles. The number of fused-ring (bicyclic) bond motifs is 1. The van der Waals surface area contributed by atoms with Gasteiger partial charge in [0.25, 0.3) is 0 Å². The highest BCUT2D eigenvalue weighted by atomic mass is 32.2. The van der Waals surface area contributed by atoms with Gasteiger partial charge < -0.3 is 9.47 Å². The van der Waals surface area contributed by atoms with Crippen LogP contribution in [0.15, 0.2) is 18.2 Å². The Labute approximate surface area is 139 Å². The minimum absolute atomic E-state index is 0.179. The van der Waals surface area contributed by atoms with E-state index >= 15 is 0 Å². The summed E-state index contributed by atoms with van der Waals surface area (Å²) in [6, 6.07) is 5.89. The molecule has 0 spiro atoms. The van der Waals surface area contributed by atoms with Gasteiger partial charge in [0.05, 0.1) is 19.5 Å². The Morgan fingerprint density at radius 1 is 1.35 bits per heavy atom. The normalized spacial score (nSPS) is 16.3. The second kappa shape index (κ2) is 7.99. The van der Waals surface area contributed by atoms with Crippen LogP contribution < -0.4 is 9.47 Å². The maximum Gasteiger partial charge on any atom is 0.213 e. The van der Waals surface area contributed by atoms with E-state index in [1.807, 2.05) is 18.2 Å². The molecule has 0 radical (unpaired) electrons. The molecule has 0 N–H and O–H groups in total. The van der Waals surface area contributed by atoms with Crippen molar-refractivity contribution in [1.82, 2.24) is 9.21 Å². The quantitative estimate of drug-likeness (QED) is 0.785. The first-order chi connectivity index (χ1) is 10.9. The lowest BCUT2D eigenvalue weighted by atomic mass is 10.1. The van der Waals surface area contributed by atoms with Crippen molar-refractivity contribution in [3.05, 3.63) is 23.8 Å². The first-order valence-electron chi connectivity index (χ1n) is 7.85. The van der Waals surface area contributed by atoms with E-state index in [1.165, 1.54) is 4.31 Å². The predicted molar refractivity (Wildman–Crippen MR) is 90.5 cm³/mol. The molecule has 0 unspecified atom stereocenters. The molecule has 2 rings (SSSR count). The topological polar surface area (TPSA) is 59.1 Å². The van der Waals surface area contributed by atoms with E-state index in [2.05, 4.69) is 4.90 Å². The van der Waals surface area contributed by atoms with E-state index in [4.69, 9.17) is 9.47 Å². The first kappa shape index (κ1) is 18.0. The Morgan fingerprint density at radius 3 is 2.83 bits per heavy atom. The number of hydrogen-bond donors (Lipinski definition) is 0. The smallest absolute Gasteiger partial charge is 0.213 e. The number of methoxy groups -OCH3 is 1. The van der Waals surface area contributed by atoms with Crippen molar-refractivity contribution < 1.29 is 17.9 Å². The van der Waals surface area contributed by atoms with Crippen LogP contribution in [0.2, 0.25) is 0 Å². The molecule has 1 aliphatic rings. The number of sulfonamides is 1. The van der Waals surface area contributed by atoms with E-state index in [0.29, 0.717) is 13.0 Å². The van der Waals surface area contributed by atoms with Crippen LogP contribution in [-0.4, -0.2) is 64.3 Å². The van der Waals surface area contributed by atoms with Crippen molar-refractivity contribution in [2.45, 2.75) is 19.4 Å². The highest BCUT2D eigenvalue weighted by molar-refractivity contribution is 7.89. The molecule has 23 heavy (non-hydrogen) atoms. The average Bonchev–Trinajstić information content (AvgIpc) is 2.48. The number of benzene rings is 1. The summed E-state index contributed by atoms with van der Waals surface area (Å²) in [7, 11) is 1.67. The molecular weight excluding hydrogens is 316 g/mol. The lowest BCUT2D eigenvalue weighted by Gasteiger charge is -2.27. The highest BCUT2D eigenvalue weighted by Crippen LogP contribution is 2.33. The van der Waals surface area contributed by atoms with Crippen molar-refractivity contribution in [1.29, 1.82) is 0 Å². The number of hydrogen-bond acceptors (Lipinski definition) is 5. The molecular formula is C16H26N2O4S. The van der Waals surface area contributed by atoms with E-state index < -0.39 is 10.0 Å². The van der Waals surface area contributed by atoms with Crippen molar-refractivity contribution in [2.24, 2.45) is 0 Å². The maximum absolute atomic E-state index is 11.8. The van der Waals surface area contributed by atoms with Gasteiger partial charge in [0.2, 0.25) is 10.0 Å². The molecule has 0 saturated heterocycles. The van der Waals surface area contributed by atoms with Crippen LogP contribution in [0.4, 0.5) is 0 Å². The summed E-state index contributed by atoms with van der Waals surface area (Å²) in [6.07, 6.45) is 1.54. The molecule has 0 saturated carbocycles. The van der Waals surface area contributed by atoms with Gasteiger partial charge in [0.1, 0.15) is 0 Å². The van der Waals surface area contributed by atoms with E-state index in [1.54, 1.807) is 21.2 Å². The summed E-state index contributed by atoms with van der Waals surface area (Å²) in [4.78, 5) is 2.28. The van der Waals surface area contributed by atoms with E-state index in [0.717, 1.165) is 43.1 Å². The predicted octanol–water partition coefficient (Wildman–Crippen LogP) is 1.56. The van der Waals surface area contributed by atoms with Gasteiger partial charge in [-0.2, -0.15) is 0 Å². The number of nitrogens with zero attached hydrogens (tertiary/aromatic N) is 2. The highest BCUT2D eigenvalue weighted by Gasteiger charge is 2.18. The third-order valence-electron chi connectivity index (χ3n) is 3.97. The Morgan fingerprint density at radius 2 is 2.13 bits per heavy atom. The Balaban J connectivity index is 2.01. The number of para-hydroxylation sites is 1. The van der Waals surface area contributed by atoms with Crippen LogP contribution in [0.25, 0.3) is 0 Å². The lowest BCUT2D eigenvalue weighted by Crippen LogP contribution is -2.31. The largest absolute Gasteiger partial charge is 0.493 e. The Bertz CT molecular complexity index is 617. The molecule has 0 aliphatic carbocycles. The average molecular weight is 342 g/mol. The van der Waals surface area contributed by atoms with Gasteiger partial charge in [-0.15, -0.1) is 0 Å². The minimum Gasteiger partial charge on any atom is -0.493 e. The summed E-state index contributed by atoms with van der Waals surface area (Å²) >= 11 is 0.